The summed E-state index contributed by atoms with van der Waals surface area (Å²) >= 11 is 0. The molecule has 1 aliphatic rings. The van der Waals surface area contributed by atoms with Crippen molar-refractivity contribution in [2.24, 2.45) is 5.10 Å². The van der Waals surface area contributed by atoms with Crippen molar-refractivity contribution in [2.45, 2.75) is 6.92 Å². The summed E-state index contributed by atoms with van der Waals surface area (Å²) in [5.41, 5.74) is 5.12. The minimum absolute atomic E-state index is 0.182. The first-order valence-electron chi connectivity index (χ1n) is 5.41. The standard InChI is InChI=1S/C12H10N4O2/c1-6(17)15-8-2-9-11-7(4-13-10(11)3-8)5-14-16-12(9)18/h2-5,13H,1H3,(H,15,17)(H,16,18). The van der Waals surface area contributed by atoms with Crippen LogP contribution in [0, 0.1) is 0 Å². The molecule has 0 bridgehead atoms. The number of hydrogen-bond acceptors (Lipinski definition) is 3. The van der Waals surface area contributed by atoms with Crippen molar-refractivity contribution < 1.29 is 9.59 Å². The Bertz CT molecular complexity index is 699. The van der Waals surface area contributed by atoms with Crippen molar-refractivity contribution >= 4 is 34.6 Å². The number of rotatable bonds is 1. The molecule has 6 nitrogen and oxygen atoms in total. The van der Waals surface area contributed by atoms with Crippen molar-refractivity contribution in [3.8, 4) is 0 Å². The van der Waals surface area contributed by atoms with Crippen LogP contribution in [0.4, 0.5) is 5.69 Å². The molecule has 3 rings (SSSR count). The Labute approximate surface area is 102 Å². The lowest BCUT2D eigenvalue weighted by molar-refractivity contribution is -0.114. The lowest BCUT2D eigenvalue weighted by Gasteiger charge is -2.06. The average molecular weight is 242 g/mol. The zero-order chi connectivity index (χ0) is 12.7. The highest BCUT2D eigenvalue weighted by molar-refractivity contribution is 6.15. The van der Waals surface area contributed by atoms with Gasteiger partial charge in [0, 0.05) is 35.3 Å². The van der Waals surface area contributed by atoms with Crippen molar-refractivity contribution in [1.29, 1.82) is 0 Å². The second-order valence-electron chi connectivity index (χ2n) is 4.07. The molecule has 90 valence electrons. The summed E-state index contributed by atoms with van der Waals surface area (Å²) in [6.45, 7) is 1.42. The molecular weight excluding hydrogens is 232 g/mol. The Kier molecular flexibility index (Phi) is 2.16. The Morgan fingerprint density at radius 2 is 2.22 bits per heavy atom. The number of H-pyrrole nitrogens is 1. The molecule has 2 heterocycles. The van der Waals surface area contributed by atoms with Crippen molar-refractivity contribution in [3.05, 3.63) is 29.5 Å². The van der Waals surface area contributed by atoms with E-state index >= 15 is 0 Å². The first kappa shape index (κ1) is 10.5. The van der Waals surface area contributed by atoms with Crippen LogP contribution in [0.2, 0.25) is 0 Å². The van der Waals surface area contributed by atoms with Gasteiger partial charge in [0.25, 0.3) is 5.91 Å². The molecule has 0 saturated heterocycles. The van der Waals surface area contributed by atoms with Gasteiger partial charge >= 0.3 is 0 Å². The highest BCUT2D eigenvalue weighted by Gasteiger charge is 2.17. The van der Waals surface area contributed by atoms with Crippen LogP contribution in [0.1, 0.15) is 22.8 Å². The van der Waals surface area contributed by atoms with E-state index in [1.54, 1.807) is 24.5 Å². The smallest absolute Gasteiger partial charge is 0.272 e. The first-order valence-corrected chi connectivity index (χ1v) is 5.41. The number of hydrogen-bond donors (Lipinski definition) is 3. The van der Waals surface area contributed by atoms with Gasteiger partial charge < -0.3 is 10.3 Å². The second-order valence-corrected chi connectivity index (χ2v) is 4.07. The molecule has 3 N–H and O–H groups in total. The maximum Gasteiger partial charge on any atom is 0.272 e. The maximum absolute atomic E-state index is 11.9. The summed E-state index contributed by atoms with van der Waals surface area (Å²) in [7, 11) is 0. The molecule has 18 heavy (non-hydrogen) atoms. The highest BCUT2D eigenvalue weighted by atomic mass is 16.2. The molecule has 2 amide bonds. The zero-order valence-corrected chi connectivity index (χ0v) is 9.57. The van der Waals surface area contributed by atoms with Gasteiger partial charge in [-0.3, -0.25) is 9.59 Å². The Morgan fingerprint density at radius 1 is 1.39 bits per heavy atom. The van der Waals surface area contributed by atoms with E-state index in [1.165, 1.54) is 6.92 Å². The maximum atomic E-state index is 11.9. The minimum atomic E-state index is -0.290. The van der Waals surface area contributed by atoms with E-state index < -0.39 is 0 Å². The van der Waals surface area contributed by atoms with Crippen LogP contribution >= 0.6 is 0 Å². The van der Waals surface area contributed by atoms with Crippen LogP contribution in [0.25, 0.3) is 10.9 Å². The largest absolute Gasteiger partial charge is 0.360 e. The van der Waals surface area contributed by atoms with Gasteiger partial charge in [-0.05, 0) is 12.1 Å². The molecule has 0 unspecified atom stereocenters. The van der Waals surface area contributed by atoms with E-state index in [-0.39, 0.29) is 11.8 Å². The number of benzene rings is 1. The number of nitrogens with one attached hydrogen (secondary N) is 3. The van der Waals surface area contributed by atoms with Gasteiger partial charge in [0.05, 0.1) is 11.8 Å². The molecule has 0 saturated carbocycles. The quantitative estimate of drug-likeness (QED) is 0.701. The third kappa shape index (κ3) is 1.55. The topological polar surface area (TPSA) is 86.3 Å². The van der Waals surface area contributed by atoms with Gasteiger partial charge in [0.2, 0.25) is 5.91 Å². The predicted octanol–water partition coefficient (Wildman–Crippen LogP) is 1.20. The van der Waals surface area contributed by atoms with Gasteiger partial charge in [-0.25, -0.2) is 5.43 Å². The van der Waals surface area contributed by atoms with Gasteiger partial charge in [-0.1, -0.05) is 0 Å². The fraction of sp³-hybridized carbons (Fsp3) is 0.0833. The van der Waals surface area contributed by atoms with Crippen LogP contribution in [0.3, 0.4) is 0 Å². The number of amides is 2. The van der Waals surface area contributed by atoms with Crippen molar-refractivity contribution in [2.75, 3.05) is 5.32 Å². The molecule has 1 aliphatic heterocycles. The summed E-state index contributed by atoms with van der Waals surface area (Å²) in [5.74, 6) is -0.472. The lowest BCUT2D eigenvalue weighted by atomic mass is 10.1. The van der Waals surface area contributed by atoms with Crippen LogP contribution < -0.4 is 10.7 Å². The number of carbonyl (C=O) groups excluding carboxylic acids is 2. The molecule has 0 atom stereocenters. The van der Waals surface area contributed by atoms with E-state index in [0.717, 1.165) is 16.5 Å². The SMILES string of the molecule is CC(=O)Nc1cc2c3c(c[nH]c3c1)C=NNC2=O. The van der Waals surface area contributed by atoms with Crippen molar-refractivity contribution in [1.82, 2.24) is 10.4 Å². The molecule has 0 spiro atoms. The molecule has 1 aromatic carbocycles. The molecule has 1 aromatic heterocycles. The van der Waals surface area contributed by atoms with E-state index in [4.69, 9.17) is 0 Å². The molecular formula is C12H10N4O2. The highest BCUT2D eigenvalue weighted by Crippen LogP contribution is 2.27. The number of aromatic nitrogens is 1. The number of anilines is 1. The van der Waals surface area contributed by atoms with E-state index in [2.05, 4.69) is 20.8 Å². The monoisotopic (exact) mass is 242 g/mol. The van der Waals surface area contributed by atoms with E-state index in [1.807, 2.05) is 0 Å². The fourth-order valence-electron chi connectivity index (χ4n) is 2.07. The van der Waals surface area contributed by atoms with Crippen molar-refractivity contribution in [3.63, 3.8) is 0 Å². The van der Waals surface area contributed by atoms with Crippen LogP contribution in [-0.4, -0.2) is 23.0 Å². The Balaban J connectivity index is 2.27. The molecule has 2 aromatic rings. The summed E-state index contributed by atoms with van der Waals surface area (Å²) < 4.78 is 0. The molecule has 0 fully saturated rings. The van der Waals surface area contributed by atoms with Gasteiger partial charge in [-0.15, -0.1) is 0 Å². The second kappa shape index (κ2) is 3.69. The summed E-state index contributed by atoms with van der Waals surface area (Å²) in [5, 5.41) is 7.30. The van der Waals surface area contributed by atoms with Crippen LogP contribution in [0.5, 0.6) is 0 Å². The molecule has 0 aliphatic carbocycles. The zero-order valence-electron chi connectivity index (χ0n) is 9.57. The first-order chi connectivity index (χ1) is 8.65. The van der Waals surface area contributed by atoms with E-state index in [9.17, 15) is 9.59 Å². The number of hydrazone groups is 1. The van der Waals surface area contributed by atoms with Gasteiger partial charge in [0.15, 0.2) is 0 Å². The predicted molar refractivity (Wildman–Crippen MR) is 67.7 cm³/mol. The van der Waals surface area contributed by atoms with Crippen LogP contribution in [0.15, 0.2) is 23.4 Å². The summed E-state index contributed by atoms with van der Waals surface area (Å²) in [4.78, 5) is 26.0. The fourth-order valence-corrected chi connectivity index (χ4v) is 2.07. The summed E-state index contributed by atoms with van der Waals surface area (Å²) in [6.07, 6.45) is 3.36. The number of aromatic amines is 1. The molecule has 6 heteroatoms. The molecule has 0 radical (unpaired) electrons. The Hall–Kier alpha value is -2.63. The third-order valence-electron chi connectivity index (χ3n) is 2.74. The number of carbonyl (C=O) groups is 2. The lowest BCUT2D eigenvalue weighted by Crippen LogP contribution is -2.17. The third-order valence-corrected chi connectivity index (χ3v) is 2.74. The van der Waals surface area contributed by atoms with Crippen LogP contribution in [-0.2, 0) is 4.79 Å². The normalized spacial score (nSPS) is 13.3. The van der Waals surface area contributed by atoms with E-state index in [0.29, 0.717) is 11.3 Å². The number of nitrogens with zero attached hydrogens (tertiary/aromatic N) is 1. The minimum Gasteiger partial charge on any atom is -0.360 e. The van der Waals surface area contributed by atoms with Gasteiger partial charge in [0.1, 0.15) is 0 Å². The Morgan fingerprint density at radius 3 is 3.00 bits per heavy atom. The van der Waals surface area contributed by atoms with Gasteiger partial charge in [-0.2, -0.15) is 5.10 Å². The summed E-state index contributed by atoms with van der Waals surface area (Å²) in [6, 6.07) is 3.43. The average Bonchev–Trinajstić information content (AvgIpc) is 2.63.